The lowest BCUT2D eigenvalue weighted by molar-refractivity contribution is 0.322. The van der Waals surface area contributed by atoms with Crippen LogP contribution in [0.2, 0.25) is 0 Å². The van der Waals surface area contributed by atoms with Gasteiger partial charge in [0.15, 0.2) is 0 Å². The van der Waals surface area contributed by atoms with E-state index in [-0.39, 0.29) is 5.69 Å². The van der Waals surface area contributed by atoms with Crippen LogP contribution >= 0.6 is 0 Å². The van der Waals surface area contributed by atoms with Gasteiger partial charge in [-0.25, -0.2) is 4.79 Å². The zero-order valence-corrected chi connectivity index (χ0v) is 20.8. The summed E-state index contributed by atoms with van der Waals surface area (Å²) in [6.45, 7) is 5.24. The van der Waals surface area contributed by atoms with E-state index in [4.69, 9.17) is 0 Å². The molecule has 1 aliphatic carbocycles. The summed E-state index contributed by atoms with van der Waals surface area (Å²) in [4.78, 5) is 13.4. The number of hydrogen-bond donors (Lipinski definition) is 1. The molecule has 1 saturated carbocycles. The topological polar surface area (TPSA) is 81.4 Å². The van der Waals surface area contributed by atoms with Crippen molar-refractivity contribution in [3.8, 4) is 22.5 Å². The van der Waals surface area contributed by atoms with E-state index in [9.17, 15) is 4.79 Å². The molecule has 2 aromatic carbocycles. The third-order valence-corrected chi connectivity index (χ3v) is 7.35. The van der Waals surface area contributed by atoms with Crippen molar-refractivity contribution < 1.29 is 0 Å². The van der Waals surface area contributed by atoms with Crippen molar-refractivity contribution >= 4 is 0 Å². The predicted molar refractivity (Wildman–Crippen MR) is 143 cm³/mol. The van der Waals surface area contributed by atoms with Crippen LogP contribution in [0.25, 0.3) is 22.5 Å². The van der Waals surface area contributed by atoms with E-state index < -0.39 is 0 Å². The quantitative estimate of drug-likeness (QED) is 0.297. The van der Waals surface area contributed by atoms with Crippen LogP contribution in [0.3, 0.4) is 0 Å². The number of aromatic nitrogens is 6. The molecule has 0 aliphatic heterocycles. The normalized spacial score (nSPS) is 14.2. The van der Waals surface area contributed by atoms with Gasteiger partial charge < -0.3 is 0 Å². The molecule has 36 heavy (non-hydrogen) atoms. The lowest BCUT2D eigenvalue weighted by Crippen LogP contribution is -2.26. The fourth-order valence-corrected chi connectivity index (χ4v) is 5.34. The second kappa shape index (κ2) is 11.3. The highest BCUT2D eigenvalue weighted by atomic mass is 16.1. The molecule has 1 N–H and O–H groups in total. The number of imidazole rings is 1. The van der Waals surface area contributed by atoms with Gasteiger partial charge in [-0.2, -0.15) is 5.21 Å². The number of nitrogens with one attached hydrogen (secondary N) is 1. The molecular weight excluding hydrogens is 448 g/mol. The smallest absolute Gasteiger partial charge is 0.299 e. The molecule has 7 nitrogen and oxygen atoms in total. The zero-order valence-electron chi connectivity index (χ0n) is 20.8. The largest absolute Gasteiger partial charge is 0.328 e. The number of benzene rings is 2. The third-order valence-electron chi connectivity index (χ3n) is 7.35. The number of tetrazole rings is 1. The first-order chi connectivity index (χ1) is 17.7. The van der Waals surface area contributed by atoms with Gasteiger partial charge in [-0.05, 0) is 47.1 Å². The second-order valence-corrected chi connectivity index (χ2v) is 9.78. The van der Waals surface area contributed by atoms with Gasteiger partial charge in [-0.3, -0.25) is 9.13 Å². The molecule has 4 aromatic rings. The molecular formula is C29H34N6O. The Kier molecular flexibility index (Phi) is 7.55. The lowest BCUT2D eigenvalue weighted by atomic mass is 9.87. The Morgan fingerprint density at radius 1 is 1.03 bits per heavy atom. The first-order valence-corrected chi connectivity index (χ1v) is 13.0. The van der Waals surface area contributed by atoms with Crippen molar-refractivity contribution in [2.75, 3.05) is 0 Å². The number of nitrogens with zero attached hydrogens (tertiary/aromatic N) is 5. The van der Waals surface area contributed by atoms with Gasteiger partial charge in [0, 0.05) is 24.0 Å². The Morgan fingerprint density at radius 2 is 1.81 bits per heavy atom. The fourth-order valence-electron chi connectivity index (χ4n) is 5.34. The van der Waals surface area contributed by atoms with Crippen molar-refractivity contribution in [2.45, 2.75) is 64.5 Å². The molecule has 0 amide bonds. The van der Waals surface area contributed by atoms with Gasteiger partial charge >= 0.3 is 5.69 Å². The predicted octanol–water partition coefficient (Wildman–Crippen LogP) is 5.63. The van der Waals surface area contributed by atoms with Crippen molar-refractivity contribution in [3.05, 3.63) is 89.1 Å². The average Bonchev–Trinajstić information content (AvgIpc) is 3.56. The summed E-state index contributed by atoms with van der Waals surface area (Å²) in [5.74, 6) is 1.33. The summed E-state index contributed by atoms with van der Waals surface area (Å²) in [7, 11) is 0. The van der Waals surface area contributed by atoms with Crippen LogP contribution in [0.15, 0.2) is 72.2 Å². The number of allylic oxidation sites excluding steroid dienone is 1. The molecule has 5 rings (SSSR count). The molecule has 1 fully saturated rings. The number of rotatable bonds is 10. The molecule has 1 aliphatic rings. The van der Waals surface area contributed by atoms with Crippen molar-refractivity contribution in [1.82, 2.24) is 29.8 Å². The van der Waals surface area contributed by atoms with E-state index in [0.717, 1.165) is 59.7 Å². The summed E-state index contributed by atoms with van der Waals surface area (Å²) in [6, 6.07) is 16.4. The average molecular weight is 483 g/mol. The number of H-pyrrole nitrogens is 1. The van der Waals surface area contributed by atoms with Crippen LogP contribution in [-0.2, 0) is 19.5 Å². The van der Waals surface area contributed by atoms with Gasteiger partial charge in [0.1, 0.15) is 0 Å². The minimum Gasteiger partial charge on any atom is -0.299 e. The van der Waals surface area contributed by atoms with Gasteiger partial charge in [0.25, 0.3) is 0 Å². The maximum atomic E-state index is 13.4. The molecule has 0 radical (unpaired) electrons. The Balaban J connectivity index is 1.36. The number of aryl methyl sites for hydroxylation is 2. The zero-order chi connectivity index (χ0) is 24.7. The highest BCUT2D eigenvalue weighted by Gasteiger charge is 2.16. The van der Waals surface area contributed by atoms with Crippen LogP contribution in [0.1, 0.15) is 56.2 Å². The summed E-state index contributed by atoms with van der Waals surface area (Å²) in [5.41, 5.74) is 5.32. The van der Waals surface area contributed by atoms with E-state index >= 15 is 0 Å². The molecule has 2 aromatic heterocycles. The highest BCUT2D eigenvalue weighted by Crippen LogP contribution is 2.30. The standard InChI is InChI=1S/C29H34N6O/c1-2-3-11-25-21-34(19-18-22-9-5-4-6-10-22)29(36)35(25)20-23-14-16-24(17-15-23)26-12-7-8-13-27(26)28-30-32-33-31-28/h2,7-8,12-17,21-22H,1,3-6,9-11,18-20H2,(H,30,31,32,33). The summed E-state index contributed by atoms with van der Waals surface area (Å²) < 4.78 is 3.87. The van der Waals surface area contributed by atoms with Crippen LogP contribution in [0.5, 0.6) is 0 Å². The highest BCUT2D eigenvalue weighted by molar-refractivity contribution is 5.80. The van der Waals surface area contributed by atoms with E-state index in [1.165, 1.54) is 32.1 Å². The summed E-state index contributed by atoms with van der Waals surface area (Å²) in [5, 5.41) is 14.5. The Labute approximate surface area is 211 Å². The first kappa shape index (κ1) is 24.0. The van der Waals surface area contributed by atoms with E-state index in [1.54, 1.807) is 0 Å². The van der Waals surface area contributed by atoms with Crippen LogP contribution in [0, 0.1) is 5.92 Å². The van der Waals surface area contributed by atoms with Gasteiger partial charge in [0.05, 0.1) is 6.54 Å². The maximum Gasteiger partial charge on any atom is 0.328 e. The van der Waals surface area contributed by atoms with Crippen molar-refractivity contribution in [3.63, 3.8) is 0 Å². The number of aromatic amines is 1. The van der Waals surface area contributed by atoms with E-state index in [0.29, 0.717) is 12.4 Å². The molecule has 0 saturated heterocycles. The summed E-state index contributed by atoms with van der Waals surface area (Å²) >= 11 is 0. The molecule has 0 bridgehead atoms. The Hall–Kier alpha value is -3.74. The SMILES string of the molecule is C=CCCc1cn(CCC2CCCCC2)c(=O)n1Cc1ccc(-c2ccccc2-c2nn[nH]n2)cc1. The van der Waals surface area contributed by atoms with Gasteiger partial charge in [-0.15, -0.1) is 16.8 Å². The minimum absolute atomic E-state index is 0.0939. The molecule has 2 heterocycles. The van der Waals surface area contributed by atoms with E-state index in [2.05, 4.69) is 63.7 Å². The van der Waals surface area contributed by atoms with Crippen LogP contribution < -0.4 is 5.69 Å². The lowest BCUT2D eigenvalue weighted by Gasteiger charge is -2.21. The fraction of sp³-hybridized carbons (Fsp3) is 0.379. The monoisotopic (exact) mass is 482 g/mol. The maximum absolute atomic E-state index is 13.4. The van der Waals surface area contributed by atoms with Crippen molar-refractivity contribution in [1.29, 1.82) is 0 Å². The molecule has 186 valence electrons. The second-order valence-electron chi connectivity index (χ2n) is 9.78. The van der Waals surface area contributed by atoms with Crippen molar-refractivity contribution in [2.24, 2.45) is 5.92 Å². The van der Waals surface area contributed by atoms with Gasteiger partial charge in [0.2, 0.25) is 5.82 Å². The molecule has 7 heteroatoms. The van der Waals surface area contributed by atoms with Crippen LogP contribution in [0.4, 0.5) is 0 Å². The van der Waals surface area contributed by atoms with Gasteiger partial charge in [-0.1, -0.05) is 86.7 Å². The Morgan fingerprint density at radius 3 is 2.53 bits per heavy atom. The molecule has 0 spiro atoms. The Bertz CT molecular complexity index is 1330. The van der Waals surface area contributed by atoms with Crippen LogP contribution in [-0.4, -0.2) is 29.8 Å². The third kappa shape index (κ3) is 5.40. The molecule has 0 atom stereocenters. The molecule has 0 unspecified atom stereocenters. The number of hydrogen-bond acceptors (Lipinski definition) is 4. The summed E-state index contributed by atoms with van der Waals surface area (Å²) in [6.07, 6.45) is 13.4. The minimum atomic E-state index is 0.0939. The van der Waals surface area contributed by atoms with E-state index in [1.807, 2.05) is 33.4 Å². The first-order valence-electron chi connectivity index (χ1n) is 13.0.